The first-order chi connectivity index (χ1) is 10.6. The lowest BCUT2D eigenvalue weighted by atomic mass is 10.1. The molecule has 0 unspecified atom stereocenters. The zero-order valence-electron chi connectivity index (χ0n) is 12.9. The maximum absolute atomic E-state index is 12.4. The molecular formula is C17H20Cl2N2OS. The summed E-state index contributed by atoms with van der Waals surface area (Å²) >= 11 is 7.60. The summed E-state index contributed by atoms with van der Waals surface area (Å²) in [5.41, 5.74) is 2.18. The van der Waals surface area contributed by atoms with Crippen molar-refractivity contribution < 1.29 is 4.79 Å². The molecule has 0 atom stereocenters. The number of amides is 1. The number of piperidine rings is 1. The second-order valence-electron chi connectivity index (χ2n) is 5.63. The molecule has 1 aromatic heterocycles. The van der Waals surface area contributed by atoms with E-state index in [9.17, 15) is 4.79 Å². The first-order valence-electron chi connectivity index (χ1n) is 7.51. The van der Waals surface area contributed by atoms with Crippen LogP contribution in [0.15, 0.2) is 30.3 Å². The quantitative estimate of drug-likeness (QED) is 0.846. The van der Waals surface area contributed by atoms with Crippen LogP contribution in [0.25, 0.3) is 10.4 Å². The van der Waals surface area contributed by atoms with Crippen LogP contribution in [0.4, 0.5) is 0 Å². The van der Waals surface area contributed by atoms with Gasteiger partial charge in [-0.2, -0.15) is 0 Å². The minimum Gasteiger partial charge on any atom is -0.349 e. The van der Waals surface area contributed by atoms with Gasteiger partial charge in [0.1, 0.15) is 0 Å². The lowest BCUT2D eigenvalue weighted by molar-refractivity contribution is 0.0933. The molecule has 1 fully saturated rings. The Balaban J connectivity index is 0.00000192. The van der Waals surface area contributed by atoms with Gasteiger partial charge in [0, 0.05) is 15.9 Å². The van der Waals surface area contributed by atoms with Gasteiger partial charge in [0.15, 0.2) is 0 Å². The number of carbonyl (C=O) groups excluding carboxylic acids is 1. The Labute approximate surface area is 151 Å². The van der Waals surface area contributed by atoms with Crippen molar-refractivity contribution in [2.24, 2.45) is 0 Å². The molecule has 0 bridgehead atoms. The van der Waals surface area contributed by atoms with E-state index >= 15 is 0 Å². The average molecular weight is 371 g/mol. The summed E-state index contributed by atoms with van der Waals surface area (Å²) < 4.78 is 0. The molecule has 0 spiro atoms. The smallest absolute Gasteiger partial charge is 0.261 e. The molecule has 1 saturated heterocycles. The van der Waals surface area contributed by atoms with E-state index in [1.807, 2.05) is 37.3 Å². The average Bonchev–Trinajstić information content (AvgIpc) is 2.90. The monoisotopic (exact) mass is 370 g/mol. The van der Waals surface area contributed by atoms with Crippen molar-refractivity contribution in [3.05, 3.63) is 45.8 Å². The number of thiophene rings is 1. The standard InChI is InChI=1S/C17H19ClN2OS.ClH/c1-11-9-15(17(21)20-14-5-7-19-8-6-14)22-16(11)12-3-2-4-13(18)10-12;/h2-4,9-10,14,19H,5-8H2,1H3,(H,20,21);1H. The van der Waals surface area contributed by atoms with Gasteiger partial charge in [-0.05, 0) is 62.2 Å². The molecule has 1 amide bonds. The van der Waals surface area contributed by atoms with E-state index in [1.165, 1.54) is 11.3 Å². The van der Waals surface area contributed by atoms with E-state index in [0.29, 0.717) is 5.02 Å². The van der Waals surface area contributed by atoms with E-state index in [2.05, 4.69) is 10.6 Å². The first-order valence-corrected chi connectivity index (χ1v) is 8.71. The van der Waals surface area contributed by atoms with Crippen molar-refractivity contribution in [1.82, 2.24) is 10.6 Å². The lowest BCUT2D eigenvalue weighted by Crippen LogP contribution is -2.42. The summed E-state index contributed by atoms with van der Waals surface area (Å²) in [6.45, 7) is 3.98. The summed E-state index contributed by atoms with van der Waals surface area (Å²) in [6.07, 6.45) is 1.99. The fourth-order valence-electron chi connectivity index (χ4n) is 2.73. The van der Waals surface area contributed by atoms with Crippen LogP contribution in [0.2, 0.25) is 5.02 Å². The van der Waals surface area contributed by atoms with Crippen LogP contribution < -0.4 is 10.6 Å². The van der Waals surface area contributed by atoms with Gasteiger partial charge in [-0.3, -0.25) is 4.79 Å². The van der Waals surface area contributed by atoms with Crippen molar-refractivity contribution in [3.63, 3.8) is 0 Å². The van der Waals surface area contributed by atoms with E-state index in [-0.39, 0.29) is 24.4 Å². The van der Waals surface area contributed by atoms with Gasteiger partial charge in [-0.15, -0.1) is 23.7 Å². The third-order valence-corrected chi connectivity index (χ3v) is 5.42. The Morgan fingerprint density at radius 3 is 2.74 bits per heavy atom. The van der Waals surface area contributed by atoms with Crippen molar-refractivity contribution in [2.75, 3.05) is 13.1 Å². The van der Waals surface area contributed by atoms with E-state index in [0.717, 1.165) is 46.8 Å². The van der Waals surface area contributed by atoms with Crippen molar-refractivity contribution in [2.45, 2.75) is 25.8 Å². The molecule has 23 heavy (non-hydrogen) atoms. The Bertz CT molecular complexity index is 681. The predicted octanol–water partition coefficient (Wildman–Crippen LogP) is 4.28. The Hall–Kier alpha value is -1.07. The van der Waals surface area contributed by atoms with Gasteiger partial charge in [-0.1, -0.05) is 23.7 Å². The van der Waals surface area contributed by atoms with Crippen LogP contribution in [0, 0.1) is 6.92 Å². The molecule has 1 aromatic carbocycles. The van der Waals surface area contributed by atoms with Crippen molar-refractivity contribution >= 4 is 41.3 Å². The largest absolute Gasteiger partial charge is 0.349 e. The summed E-state index contributed by atoms with van der Waals surface area (Å²) in [4.78, 5) is 14.3. The summed E-state index contributed by atoms with van der Waals surface area (Å²) in [5, 5.41) is 7.16. The van der Waals surface area contributed by atoms with Gasteiger partial charge < -0.3 is 10.6 Å². The Kier molecular flexibility index (Phi) is 6.48. The highest BCUT2D eigenvalue weighted by atomic mass is 35.5. The number of hydrogen-bond acceptors (Lipinski definition) is 3. The third kappa shape index (κ3) is 4.48. The molecule has 6 heteroatoms. The second-order valence-corrected chi connectivity index (χ2v) is 7.12. The number of carbonyl (C=O) groups is 1. The van der Waals surface area contributed by atoms with Crippen LogP contribution in [0.5, 0.6) is 0 Å². The number of nitrogens with one attached hydrogen (secondary N) is 2. The van der Waals surface area contributed by atoms with Crippen molar-refractivity contribution in [1.29, 1.82) is 0 Å². The lowest BCUT2D eigenvalue weighted by Gasteiger charge is -2.23. The van der Waals surface area contributed by atoms with Crippen LogP contribution in [0.3, 0.4) is 0 Å². The summed E-state index contributed by atoms with van der Waals surface area (Å²) in [7, 11) is 0. The minimum absolute atomic E-state index is 0. The number of benzene rings is 1. The summed E-state index contributed by atoms with van der Waals surface area (Å²) in [5.74, 6) is 0.0354. The minimum atomic E-state index is 0. The molecule has 0 aliphatic carbocycles. The topological polar surface area (TPSA) is 41.1 Å². The zero-order valence-corrected chi connectivity index (χ0v) is 15.3. The Morgan fingerprint density at radius 2 is 2.04 bits per heavy atom. The molecule has 2 heterocycles. The molecule has 124 valence electrons. The zero-order chi connectivity index (χ0) is 15.5. The second kappa shape index (κ2) is 8.15. The molecule has 3 nitrogen and oxygen atoms in total. The maximum atomic E-state index is 12.4. The maximum Gasteiger partial charge on any atom is 0.261 e. The van der Waals surface area contributed by atoms with Crippen LogP contribution >= 0.6 is 35.3 Å². The summed E-state index contributed by atoms with van der Waals surface area (Å²) in [6, 6.07) is 10.0. The molecule has 2 N–H and O–H groups in total. The molecule has 2 aromatic rings. The number of halogens is 2. The normalized spacial score (nSPS) is 15.0. The molecular weight excluding hydrogens is 351 g/mol. The number of hydrogen-bond donors (Lipinski definition) is 2. The van der Waals surface area contributed by atoms with Gasteiger partial charge in [0.25, 0.3) is 5.91 Å². The predicted molar refractivity (Wildman–Crippen MR) is 100 cm³/mol. The van der Waals surface area contributed by atoms with Gasteiger partial charge in [0.05, 0.1) is 4.88 Å². The molecule has 0 radical (unpaired) electrons. The van der Waals surface area contributed by atoms with E-state index in [1.54, 1.807) is 0 Å². The first kappa shape index (κ1) is 18.3. The fraction of sp³-hybridized carbons (Fsp3) is 0.353. The van der Waals surface area contributed by atoms with E-state index in [4.69, 9.17) is 11.6 Å². The highest BCUT2D eigenvalue weighted by Gasteiger charge is 2.19. The molecule has 0 saturated carbocycles. The molecule has 1 aliphatic heterocycles. The van der Waals surface area contributed by atoms with Crippen LogP contribution in [-0.2, 0) is 0 Å². The fourth-order valence-corrected chi connectivity index (χ4v) is 4.00. The molecule has 1 aliphatic rings. The highest BCUT2D eigenvalue weighted by Crippen LogP contribution is 2.33. The van der Waals surface area contributed by atoms with Crippen molar-refractivity contribution in [3.8, 4) is 10.4 Å². The van der Waals surface area contributed by atoms with E-state index < -0.39 is 0 Å². The molecule has 3 rings (SSSR count). The van der Waals surface area contributed by atoms with Crippen LogP contribution in [0.1, 0.15) is 28.1 Å². The SMILES string of the molecule is Cc1cc(C(=O)NC2CCNCC2)sc1-c1cccc(Cl)c1.Cl. The Morgan fingerprint density at radius 1 is 1.30 bits per heavy atom. The highest BCUT2D eigenvalue weighted by molar-refractivity contribution is 7.17. The van der Waals surface area contributed by atoms with Gasteiger partial charge in [0.2, 0.25) is 0 Å². The number of aryl methyl sites for hydroxylation is 1. The van der Waals surface area contributed by atoms with Gasteiger partial charge >= 0.3 is 0 Å². The third-order valence-electron chi connectivity index (χ3n) is 3.90. The van der Waals surface area contributed by atoms with Gasteiger partial charge in [-0.25, -0.2) is 0 Å². The number of rotatable bonds is 3. The van der Waals surface area contributed by atoms with Crippen LogP contribution in [-0.4, -0.2) is 25.0 Å².